The van der Waals surface area contributed by atoms with Gasteiger partial charge in [-0.1, -0.05) is 30.3 Å². The van der Waals surface area contributed by atoms with Gasteiger partial charge >= 0.3 is 0 Å². The first-order valence-corrected chi connectivity index (χ1v) is 4.56. The molecule has 0 amide bonds. The summed E-state index contributed by atoms with van der Waals surface area (Å²) in [6, 6.07) is 8.69. The number of nitrogens with zero attached hydrogens (tertiary/aromatic N) is 1. The molecule has 0 heterocycles. The molecule has 1 aromatic rings. The average Bonchev–Trinajstić information content (AvgIpc) is 2.08. The van der Waals surface area contributed by atoms with E-state index in [1.807, 2.05) is 6.08 Å². The maximum absolute atomic E-state index is 3.72. The minimum atomic E-state index is 0. The lowest BCUT2D eigenvalue weighted by molar-refractivity contribution is 0.402. The molecular formula is C12H18ClN. The van der Waals surface area contributed by atoms with E-state index in [-0.39, 0.29) is 12.4 Å². The number of halogens is 1. The molecule has 0 spiro atoms. The van der Waals surface area contributed by atoms with Crippen LogP contribution in [0, 0.1) is 0 Å². The molecule has 2 heteroatoms. The number of rotatable bonds is 4. The molecule has 0 aromatic heterocycles. The lowest BCUT2D eigenvalue weighted by Gasteiger charge is -2.09. The van der Waals surface area contributed by atoms with Crippen molar-refractivity contribution < 1.29 is 0 Å². The first-order valence-electron chi connectivity index (χ1n) is 4.56. The third-order valence-electron chi connectivity index (χ3n) is 1.90. The Morgan fingerprint density at radius 1 is 1.14 bits per heavy atom. The minimum Gasteiger partial charge on any atom is -0.305 e. The molecule has 0 aliphatic carbocycles. The van der Waals surface area contributed by atoms with Crippen molar-refractivity contribution in [2.45, 2.75) is 13.0 Å². The number of hydrogen-bond donors (Lipinski definition) is 0. The minimum absolute atomic E-state index is 0. The highest BCUT2D eigenvalue weighted by Crippen LogP contribution is 2.06. The van der Waals surface area contributed by atoms with Gasteiger partial charge in [-0.25, -0.2) is 0 Å². The Balaban J connectivity index is 0.00000169. The van der Waals surface area contributed by atoms with Crippen LogP contribution >= 0.6 is 12.4 Å². The standard InChI is InChI=1S/C12H17N.ClH/c1-4-5-11-6-8-12(9-7-11)10-13(2)3;/h4,6-9H,1,5,10H2,2-3H3;1H. The van der Waals surface area contributed by atoms with Crippen molar-refractivity contribution in [1.29, 1.82) is 0 Å². The molecule has 0 N–H and O–H groups in total. The molecule has 0 fully saturated rings. The van der Waals surface area contributed by atoms with Crippen molar-refractivity contribution in [2.75, 3.05) is 14.1 Å². The predicted octanol–water partition coefficient (Wildman–Crippen LogP) is 2.90. The van der Waals surface area contributed by atoms with Gasteiger partial charge in [0.15, 0.2) is 0 Å². The second-order valence-corrected chi connectivity index (χ2v) is 3.55. The molecule has 0 aliphatic rings. The number of benzene rings is 1. The van der Waals surface area contributed by atoms with Crippen LogP contribution in [0.25, 0.3) is 0 Å². The van der Waals surface area contributed by atoms with E-state index in [2.05, 4.69) is 49.8 Å². The predicted molar refractivity (Wildman–Crippen MR) is 65.0 cm³/mol. The fourth-order valence-electron chi connectivity index (χ4n) is 1.31. The van der Waals surface area contributed by atoms with E-state index in [1.54, 1.807) is 0 Å². The first-order chi connectivity index (χ1) is 6.22. The van der Waals surface area contributed by atoms with Gasteiger partial charge in [-0.3, -0.25) is 0 Å². The van der Waals surface area contributed by atoms with Crippen molar-refractivity contribution in [3.8, 4) is 0 Å². The third-order valence-corrected chi connectivity index (χ3v) is 1.90. The summed E-state index contributed by atoms with van der Waals surface area (Å²) in [4.78, 5) is 2.17. The zero-order chi connectivity index (χ0) is 9.68. The van der Waals surface area contributed by atoms with Gasteiger partial charge < -0.3 is 4.90 Å². The Labute approximate surface area is 92.8 Å². The van der Waals surface area contributed by atoms with Gasteiger partial charge in [0.1, 0.15) is 0 Å². The summed E-state index contributed by atoms with van der Waals surface area (Å²) in [6.45, 7) is 4.73. The largest absolute Gasteiger partial charge is 0.305 e. The van der Waals surface area contributed by atoms with Crippen molar-refractivity contribution >= 4 is 12.4 Å². The molecule has 0 saturated heterocycles. The monoisotopic (exact) mass is 211 g/mol. The topological polar surface area (TPSA) is 3.24 Å². The molecule has 0 unspecified atom stereocenters. The van der Waals surface area contributed by atoms with E-state index in [0.717, 1.165) is 13.0 Å². The fourth-order valence-corrected chi connectivity index (χ4v) is 1.31. The first kappa shape index (κ1) is 13.2. The molecule has 1 aromatic carbocycles. The van der Waals surface area contributed by atoms with Crippen molar-refractivity contribution in [2.24, 2.45) is 0 Å². The van der Waals surface area contributed by atoms with Gasteiger partial charge in [0.2, 0.25) is 0 Å². The maximum Gasteiger partial charge on any atom is 0.0227 e. The third kappa shape index (κ3) is 4.45. The average molecular weight is 212 g/mol. The summed E-state index contributed by atoms with van der Waals surface area (Å²) >= 11 is 0. The van der Waals surface area contributed by atoms with E-state index < -0.39 is 0 Å². The fraction of sp³-hybridized carbons (Fsp3) is 0.333. The van der Waals surface area contributed by atoms with Gasteiger partial charge in [-0.05, 0) is 31.6 Å². The summed E-state index contributed by atoms with van der Waals surface area (Å²) in [5.41, 5.74) is 2.69. The lowest BCUT2D eigenvalue weighted by Crippen LogP contribution is -2.10. The Bertz CT molecular complexity index is 264. The number of allylic oxidation sites excluding steroid dienone is 1. The highest BCUT2D eigenvalue weighted by atomic mass is 35.5. The molecule has 0 radical (unpaired) electrons. The van der Waals surface area contributed by atoms with E-state index in [9.17, 15) is 0 Å². The normalized spacial score (nSPS) is 9.64. The van der Waals surface area contributed by atoms with Crippen LogP contribution in [0.15, 0.2) is 36.9 Å². The van der Waals surface area contributed by atoms with E-state index in [1.165, 1.54) is 11.1 Å². The summed E-state index contributed by atoms with van der Waals surface area (Å²) in [6.07, 6.45) is 2.89. The molecule has 1 rings (SSSR count). The van der Waals surface area contributed by atoms with Crippen LogP contribution in [0.5, 0.6) is 0 Å². The molecule has 0 aliphatic heterocycles. The summed E-state index contributed by atoms with van der Waals surface area (Å²) in [5, 5.41) is 0. The van der Waals surface area contributed by atoms with Crippen molar-refractivity contribution in [1.82, 2.24) is 4.90 Å². The van der Waals surface area contributed by atoms with Crippen LogP contribution in [0.3, 0.4) is 0 Å². The van der Waals surface area contributed by atoms with Crippen molar-refractivity contribution in [3.63, 3.8) is 0 Å². The SMILES string of the molecule is C=CCc1ccc(CN(C)C)cc1.Cl. The van der Waals surface area contributed by atoms with Gasteiger partial charge in [0.25, 0.3) is 0 Å². The molecule has 0 saturated carbocycles. The van der Waals surface area contributed by atoms with Crippen LogP contribution in [0.1, 0.15) is 11.1 Å². The quantitative estimate of drug-likeness (QED) is 0.693. The van der Waals surface area contributed by atoms with Crippen LogP contribution in [-0.4, -0.2) is 19.0 Å². The van der Waals surface area contributed by atoms with E-state index in [0.29, 0.717) is 0 Å². The molecule has 14 heavy (non-hydrogen) atoms. The Hall–Kier alpha value is -0.790. The van der Waals surface area contributed by atoms with Crippen molar-refractivity contribution in [3.05, 3.63) is 48.0 Å². The lowest BCUT2D eigenvalue weighted by atomic mass is 10.1. The van der Waals surface area contributed by atoms with E-state index in [4.69, 9.17) is 0 Å². The summed E-state index contributed by atoms with van der Waals surface area (Å²) < 4.78 is 0. The molecular weight excluding hydrogens is 194 g/mol. The Kier molecular flexibility index (Phi) is 6.26. The Morgan fingerprint density at radius 2 is 1.64 bits per heavy atom. The van der Waals surface area contributed by atoms with Gasteiger partial charge in [0.05, 0.1) is 0 Å². The van der Waals surface area contributed by atoms with Crippen LogP contribution in [0.2, 0.25) is 0 Å². The van der Waals surface area contributed by atoms with Gasteiger partial charge in [0, 0.05) is 6.54 Å². The molecule has 1 nitrogen and oxygen atoms in total. The smallest absolute Gasteiger partial charge is 0.0227 e. The maximum atomic E-state index is 3.72. The molecule has 78 valence electrons. The number of hydrogen-bond acceptors (Lipinski definition) is 1. The van der Waals surface area contributed by atoms with Gasteiger partial charge in [-0.2, -0.15) is 0 Å². The second-order valence-electron chi connectivity index (χ2n) is 3.55. The second kappa shape index (κ2) is 6.63. The Morgan fingerprint density at radius 3 is 2.07 bits per heavy atom. The summed E-state index contributed by atoms with van der Waals surface area (Å²) in [7, 11) is 4.16. The van der Waals surface area contributed by atoms with E-state index >= 15 is 0 Å². The van der Waals surface area contributed by atoms with Crippen LogP contribution < -0.4 is 0 Å². The zero-order valence-electron chi connectivity index (χ0n) is 8.86. The van der Waals surface area contributed by atoms with Gasteiger partial charge in [-0.15, -0.1) is 19.0 Å². The van der Waals surface area contributed by atoms with Crippen LogP contribution in [0.4, 0.5) is 0 Å². The molecule has 0 bridgehead atoms. The zero-order valence-corrected chi connectivity index (χ0v) is 9.68. The summed E-state index contributed by atoms with van der Waals surface area (Å²) in [5.74, 6) is 0. The van der Waals surface area contributed by atoms with Crippen LogP contribution in [-0.2, 0) is 13.0 Å². The highest BCUT2D eigenvalue weighted by molar-refractivity contribution is 5.85. The highest BCUT2D eigenvalue weighted by Gasteiger charge is 1.94. The molecule has 0 atom stereocenters.